The molecule has 3 heteroatoms. The first-order chi connectivity index (χ1) is 10.1. The van der Waals surface area contributed by atoms with Gasteiger partial charge in [0.2, 0.25) is 0 Å². The van der Waals surface area contributed by atoms with E-state index in [1.54, 1.807) is 0 Å². The van der Waals surface area contributed by atoms with E-state index in [4.69, 9.17) is 9.47 Å². The molecule has 124 valence electrons. The minimum atomic E-state index is 0.238. The van der Waals surface area contributed by atoms with Gasteiger partial charge in [-0.15, -0.1) is 0 Å². The van der Waals surface area contributed by atoms with Gasteiger partial charge in [0.25, 0.3) is 0 Å². The Morgan fingerprint density at radius 2 is 1.90 bits per heavy atom. The largest absolute Gasteiger partial charge is 0.377 e. The summed E-state index contributed by atoms with van der Waals surface area (Å²) in [5, 5.41) is 3.57. The fourth-order valence-corrected chi connectivity index (χ4v) is 4.06. The summed E-state index contributed by atoms with van der Waals surface area (Å²) in [5.74, 6) is 2.25. The predicted octanol–water partition coefficient (Wildman–Crippen LogP) is 3.62. The third-order valence-electron chi connectivity index (χ3n) is 5.49. The van der Waals surface area contributed by atoms with Crippen molar-refractivity contribution in [3.05, 3.63) is 0 Å². The van der Waals surface area contributed by atoms with E-state index in [1.165, 1.54) is 25.7 Å². The number of methoxy groups -OCH3 is 1. The number of nitrogens with one attached hydrogen (secondary N) is 1. The topological polar surface area (TPSA) is 30.5 Å². The second kappa shape index (κ2) is 7.94. The molecule has 0 radical (unpaired) electrons. The van der Waals surface area contributed by atoms with Crippen LogP contribution in [0.15, 0.2) is 0 Å². The summed E-state index contributed by atoms with van der Waals surface area (Å²) in [6, 6.07) is 0.485. The van der Waals surface area contributed by atoms with Crippen molar-refractivity contribution in [3.8, 4) is 0 Å². The Balaban J connectivity index is 1.87. The van der Waals surface area contributed by atoms with Crippen molar-refractivity contribution in [3.63, 3.8) is 0 Å². The van der Waals surface area contributed by atoms with Crippen LogP contribution in [-0.2, 0) is 9.47 Å². The van der Waals surface area contributed by atoms with Gasteiger partial charge in [-0.25, -0.2) is 0 Å². The van der Waals surface area contributed by atoms with Gasteiger partial charge in [0, 0.05) is 13.2 Å². The zero-order chi connectivity index (χ0) is 15.4. The molecule has 0 spiro atoms. The molecule has 0 amide bonds. The first kappa shape index (κ1) is 17.2. The Kier molecular flexibility index (Phi) is 6.51. The molecule has 0 aromatic carbocycles. The summed E-state index contributed by atoms with van der Waals surface area (Å²) in [7, 11) is 1.82. The van der Waals surface area contributed by atoms with Gasteiger partial charge in [-0.05, 0) is 50.0 Å². The van der Waals surface area contributed by atoms with Crippen LogP contribution in [0.5, 0.6) is 0 Å². The molecule has 2 aliphatic carbocycles. The maximum Gasteiger partial charge on any atom is 0.0987 e. The molecule has 6 atom stereocenters. The van der Waals surface area contributed by atoms with Crippen molar-refractivity contribution < 1.29 is 9.47 Å². The smallest absolute Gasteiger partial charge is 0.0987 e. The Hall–Kier alpha value is -0.120. The molecule has 21 heavy (non-hydrogen) atoms. The fourth-order valence-electron chi connectivity index (χ4n) is 4.06. The van der Waals surface area contributed by atoms with E-state index in [0.29, 0.717) is 18.2 Å². The second-order valence-corrected chi connectivity index (χ2v) is 7.54. The van der Waals surface area contributed by atoms with Crippen LogP contribution in [0, 0.1) is 17.8 Å². The number of rotatable bonds is 7. The predicted molar refractivity (Wildman–Crippen MR) is 87.5 cm³/mol. The van der Waals surface area contributed by atoms with Crippen LogP contribution in [0.1, 0.15) is 59.8 Å². The zero-order valence-corrected chi connectivity index (χ0v) is 14.6. The average Bonchev–Trinajstić information content (AvgIpc) is 2.42. The average molecular weight is 297 g/mol. The monoisotopic (exact) mass is 297 g/mol. The van der Waals surface area contributed by atoms with Crippen molar-refractivity contribution in [1.29, 1.82) is 0 Å². The Morgan fingerprint density at radius 3 is 2.52 bits per heavy atom. The van der Waals surface area contributed by atoms with E-state index in [-0.39, 0.29) is 6.10 Å². The Morgan fingerprint density at radius 1 is 1.14 bits per heavy atom. The highest BCUT2D eigenvalue weighted by Crippen LogP contribution is 2.38. The first-order valence-electron chi connectivity index (χ1n) is 8.98. The summed E-state index contributed by atoms with van der Waals surface area (Å²) in [5.41, 5.74) is 0. The molecule has 6 unspecified atom stereocenters. The van der Waals surface area contributed by atoms with E-state index in [0.717, 1.165) is 30.7 Å². The molecule has 3 nitrogen and oxygen atoms in total. The molecule has 2 fully saturated rings. The van der Waals surface area contributed by atoms with Gasteiger partial charge in [0.05, 0.1) is 18.3 Å². The molecular formula is C18H35NO2. The molecule has 1 N–H and O–H groups in total. The lowest BCUT2D eigenvalue weighted by atomic mass is 9.75. The maximum atomic E-state index is 6.52. The van der Waals surface area contributed by atoms with Gasteiger partial charge in [0.15, 0.2) is 0 Å². The van der Waals surface area contributed by atoms with Crippen LogP contribution >= 0.6 is 0 Å². The van der Waals surface area contributed by atoms with E-state index < -0.39 is 0 Å². The minimum Gasteiger partial charge on any atom is -0.377 e. The van der Waals surface area contributed by atoms with Crippen LogP contribution in [-0.4, -0.2) is 38.0 Å². The summed E-state index contributed by atoms with van der Waals surface area (Å²) >= 11 is 0. The minimum absolute atomic E-state index is 0.238. The highest BCUT2D eigenvalue weighted by molar-refractivity contribution is 4.98. The number of ether oxygens (including phenoxy) is 2. The van der Waals surface area contributed by atoms with E-state index >= 15 is 0 Å². The highest BCUT2D eigenvalue weighted by Gasteiger charge is 2.44. The van der Waals surface area contributed by atoms with Gasteiger partial charge in [-0.1, -0.05) is 34.1 Å². The van der Waals surface area contributed by atoms with Crippen molar-refractivity contribution in [2.75, 3.05) is 13.7 Å². The Labute approximate surface area is 131 Å². The van der Waals surface area contributed by atoms with Crippen molar-refractivity contribution in [1.82, 2.24) is 5.32 Å². The zero-order valence-electron chi connectivity index (χ0n) is 14.6. The number of hydrogen-bond donors (Lipinski definition) is 1. The van der Waals surface area contributed by atoms with E-state index in [1.807, 2.05) is 7.11 Å². The molecule has 2 rings (SSSR count). The molecule has 0 aromatic rings. The van der Waals surface area contributed by atoms with Crippen LogP contribution in [0.3, 0.4) is 0 Å². The maximum absolute atomic E-state index is 6.52. The molecule has 0 aliphatic heterocycles. The molecule has 0 saturated heterocycles. The van der Waals surface area contributed by atoms with E-state index in [9.17, 15) is 0 Å². The lowest BCUT2D eigenvalue weighted by molar-refractivity contribution is -0.180. The third-order valence-corrected chi connectivity index (χ3v) is 5.49. The standard InChI is InChI=1S/C18H35NO2/c1-6-9-19-15-11-17(18(15)20-5)21-16-10-13(4)7-8-14(16)12(2)3/h12-19H,6-11H2,1-5H3. The normalized spacial score (nSPS) is 40.3. The molecule has 0 bridgehead atoms. The second-order valence-electron chi connectivity index (χ2n) is 7.54. The summed E-state index contributed by atoms with van der Waals surface area (Å²) in [6.07, 6.45) is 7.16. The van der Waals surface area contributed by atoms with Crippen LogP contribution in [0.4, 0.5) is 0 Å². The lowest BCUT2D eigenvalue weighted by Gasteiger charge is -2.48. The van der Waals surface area contributed by atoms with Crippen molar-refractivity contribution in [2.45, 2.75) is 84.2 Å². The van der Waals surface area contributed by atoms with E-state index in [2.05, 4.69) is 33.0 Å². The van der Waals surface area contributed by atoms with Gasteiger partial charge in [-0.2, -0.15) is 0 Å². The summed E-state index contributed by atoms with van der Waals surface area (Å²) in [4.78, 5) is 0. The van der Waals surface area contributed by atoms with Gasteiger partial charge < -0.3 is 14.8 Å². The molecule has 2 aliphatic rings. The van der Waals surface area contributed by atoms with Crippen LogP contribution < -0.4 is 5.32 Å². The Bertz CT molecular complexity index is 308. The molecule has 2 saturated carbocycles. The van der Waals surface area contributed by atoms with Gasteiger partial charge >= 0.3 is 0 Å². The third kappa shape index (κ3) is 4.20. The lowest BCUT2D eigenvalue weighted by Crippen LogP contribution is -2.61. The van der Waals surface area contributed by atoms with Crippen LogP contribution in [0.2, 0.25) is 0 Å². The summed E-state index contributed by atoms with van der Waals surface area (Å²) < 4.78 is 12.2. The molecule has 0 aromatic heterocycles. The van der Waals surface area contributed by atoms with Crippen LogP contribution in [0.25, 0.3) is 0 Å². The van der Waals surface area contributed by atoms with Gasteiger partial charge in [-0.3, -0.25) is 0 Å². The quantitative estimate of drug-likeness (QED) is 0.778. The van der Waals surface area contributed by atoms with Crippen molar-refractivity contribution in [2.24, 2.45) is 17.8 Å². The molecular weight excluding hydrogens is 262 g/mol. The molecule has 0 heterocycles. The fraction of sp³-hybridized carbons (Fsp3) is 1.00. The first-order valence-corrected chi connectivity index (χ1v) is 8.98. The van der Waals surface area contributed by atoms with Gasteiger partial charge in [0.1, 0.15) is 0 Å². The number of hydrogen-bond acceptors (Lipinski definition) is 3. The highest BCUT2D eigenvalue weighted by atomic mass is 16.5. The van der Waals surface area contributed by atoms with Crippen molar-refractivity contribution >= 4 is 0 Å². The SMILES string of the molecule is CCCNC1CC(OC2CC(C)CCC2C(C)C)C1OC. The summed E-state index contributed by atoms with van der Waals surface area (Å²) in [6.45, 7) is 10.3.